The zero-order valence-electron chi connectivity index (χ0n) is 10.2. The first-order valence-electron chi connectivity index (χ1n) is 5.47. The zero-order chi connectivity index (χ0) is 12.8. The van der Waals surface area contributed by atoms with Gasteiger partial charge in [-0.3, -0.25) is 4.79 Å². The number of sulfone groups is 1. The largest absolute Gasteiger partial charge is 0.355 e. The number of rotatable bonds is 7. The van der Waals surface area contributed by atoms with Crippen molar-refractivity contribution in [3.05, 3.63) is 0 Å². The average molecular weight is 250 g/mol. The van der Waals surface area contributed by atoms with Gasteiger partial charge in [0.25, 0.3) is 0 Å². The molecule has 0 saturated carbocycles. The van der Waals surface area contributed by atoms with Crippen molar-refractivity contribution in [2.45, 2.75) is 26.7 Å². The molecule has 0 aliphatic rings. The van der Waals surface area contributed by atoms with Gasteiger partial charge in [0.15, 0.2) is 0 Å². The molecule has 0 fully saturated rings. The average Bonchev–Trinajstić information content (AvgIpc) is 2.19. The smallest absolute Gasteiger partial charge is 0.227 e. The van der Waals surface area contributed by atoms with Crippen molar-refractivity contribution in [2.24, 2.45) is 11.1 Å². The number of amides is 1. The maximum absolute atomic E-state index is 11.9. The molecule has 6 heteroatoms. The van der Waals surface area contributed by atoms with E-state index in [0.717, 1.165) is 6.26 Å². The summed E-state index contributed by atoms with van der Waals surface area (Å²) in [5, 5.41) is 2.63. The Hall–Kier alpha value is -0.620. The summed E-state index contributed by atoms with van der Waals surface area (Å²) >= 11 is 0. The van der Waals surface area contributed by atoms with E-state index in [0.29, 0.717) is 12.8 Å². The molecule has 0 aromatic heterocycles. The van der Waals surface area contributed by atoms with Gasteiger partial charge in [0.05, 0.1) is 11.2 Å². The summed E-state index contributed by atoms with van der Waals surface area (Å²) in [7, 11) is -3.03. The third-order valence-corrected chi connectivity index (χ3v) is 3.93. The molecule has 0 aliphatic carbocycles. The monoisotopic (exact) mass is 250 g/mol. The highest BCUT2D eigenvalue weighted by atomic mass is 32.2. The molecule has 0 aromatic rings. The summed E-state index contributed by atoms with van der Waals surface area (Å²) < 4.78 is 21.8. The fourth-order valence-corrected chi connectivity index (χ4v) is 1.96. The van der Waals surface area contributed by atoms with E-state index in [9.17, 15) is 13.2 Å². The van der Waals surface area contributed by atoms with Gasteiger partial charge in [-0.25, -0.2) is 8.42 Å². The summed E-state index contributed by atoms with van der Waals surface area (Å²) in [5.41, 5.74) is 5.05. The minimum absolute atomic E-state index is 0.0349. The van der Waals surface area contributed by atoms with Gasteiger partial charge in [-0.2, -0.15) is 0 Å². The first-order chi connectivity index (χ1) is 7.31. The number of hydrogen-bond donors (Lipinski definition) is 2. The van der Waals surface area contributed by atoms with Gasteiger partial charge in [-0.05, 0) is 12.8 Å². The number of carbonyl (C=O) groups excluding carboxylic acids is 1. The van der Waals surface area contributed by atoms with Crippen LogP contribution in [0.25, 0.3) is 0 Å². The lowest BCUT2D eigenvalue weighted by Gasteiger charge is -2.28. The van der Waals surface area contributed by atoms with E-state index in [4.69, 9.17) is 5.73 Å². The molecular weight excluding hydrogens is 228 g/mol. The Kier molecular flexibility index (Phi) is 5.96. The third kappa shape index (κ3) is 4.49. The topological polar surface area (TPSA) is 89.3 Å². The van der Waals surface area contributed by atoms with Gasteiger partial charge in [-0.1, -0.05) is 13.8 Å². The lowest BCUT2D eigenvalue weighted by molar-refractivity contribution is -0.130. The summed E-state index contributed by atoms with van der Waals surface area (Å²) in [6.07, 6.45) is 2.46. The quantitative estimate of drug-likeness (QED) is 0.661. The highest BCUT2D eigenvalue weighted by molar-refractivity contribution is 7.90. The van der Waals surface area contributed by atoms with Crippen molar-refractivity contribution in [1.29, 1.82) is 0 Å². The summed E-state index contributed by atoms with van der Waals surface area (Å²) in [6, 6.07) is 0. The van der Waals surface area contributed by atoms with Crippen LogP contribution in [-0.4, -0.2) is 39.4 Å². The lowest BCUT2D eigenvalue weighted by atomic mass is 9.81. The van der Waals surface area contributed by atoms with Crippen LogP contribution < -0.4 is 11.1 Å². The fourth-order valence-electron chi connectivity index (χ4n) is 1.49. The van der Waals surface area contributed by atoms with Crippen molar-refractivity contribution < 1.29 is 13.2 Å². The molecule has 0 spiro atoms. The van der Waals surface area contributed by atoms with Gasteiger partial charge in [0.1, 0.15) is 9.84 Å². The summed E-state index contributed by atoms with van der Waals surface area (Å²) in [4.78, 5) is 11.9. The summed E-state index contributed by atoms with van der Waals surface area (Å²) in [6.45, 7) is 4.25. The number of nitrogens with one attached hydrogen (secondary N) is 1. The van der Waals surface area contributed by atoms with Crippen LogP contribution in [0.1, 0.15) is 26.7 Å². The standard InChI is InChI=1S/C10H22N2O3S/c1-4-10(5-2,8-11)9(13)12-6-7-16(3,14)15/h4-8,11H2,1-3H3,(H,12,13). The lowest BCUT2D eigenvalue weighted by Crippen LogP contribution is -2.46. The maximum atomic E-state index is 11.9. The van der Waals surface area contributed by atoms with Crippen LogP contribution >= 0.6 is 0 Å². The second kappa shape index (κ2) is 6.20. The molecule has 3 N–H and O–H groups in total. The van der Waals surface area contributed by atoms with Crippen molar-refractivity contribution in [3.8, 4) is 0 Å². The molecule has 0 rings (SSSR count). The van der Waals surface area contributed by atoms with Crippen LogP contribution in [0.4, 0.5) is 0 Å². The SMILES string of the molecule is CCC(CC)(CN)C(=O)NCCS(C)(=O)=O. The highest BCUT2D eigenvalue weighted by Crippen LogP contribution is 2.24. The first-order valence-corrected chi connectivity index (χ1v) is 7.53. The van der Waals surface area contributed by atoms with E-state index < -0.39 is 15.3 Å². The van der Waals surface area contributed by atoms with Gasteiger partial charge in [-0.15, -0.1) is 0 Å². The van der Waals surface area contributed by atoms with Crippen molar-refractivity contribution in [2.75, 3.05) is 25.1 Å². The van der Waals surface area contributed by atoms with Crippen LogP contribution in [0.2, 0.25) is 0 Å². The Bertz CT molecular complexity index is 313. The normalized spacial score (nSPS) is 12.5. The zero-order valence-corrected chi connectivity index (χ0v) is 11.1. The molecule has 0 unspecified atom stereocenters. The molecular formula is C10H22N2O3S. The molecule has 0 bridgehead atoms. The van der Waals surface area contributed by atoms with Crippen molar-refractivity contribution in [3.63, 3.8) is 0 Å². The molecule has 16 heavy (non-hydrogen) atoms. The Balaban J connectivity index is 4.34. The van der Waals surface area contributed by atoms with Crippen LogP contribution in [0.5, 0.6) is 0 Å². The first kappa shape index (κ1) is 15.4. The third-order valence-electron chi connectivity index (χ3n) is 2.98. The second-order valence-corrected chi connectivity index (χ2v) is 6.34. The molecule has 0 aromatic carbocycles. The molecule has 0 saturated heterocycles. The maximum Gasteiger partial charge on any atom is 0.227 e. The van der Waals surface area contributed by atoms with Crippen molar-refractivity contribution in [1.82, 2.24) is 5.32 Å². The van der Waals surface area contributed by atoms with Gasteiger partial charge in [0, 0.05) is 19.3 Å². The Labute approximate surface area is 97.7 Å². The molecule has 0 atom stereocenters. The van der Waals surface area contributed by atoms with Gasteiger partial charge >= 0.3 is 0 Å². The molecule has 96 valence electrons. The predicted molar refractivity (Wildman–Crippen MR) is 64.8 cm³/mol. The summed E-state index contributed by atoms with van der Waals surface area (Å²) in [5.74, 6) is -0.184. The molecule has 1 amide bonds. The van der Waals surface area contributed by atoms with Gasteiger partial charge < -0.3 is 11.1 Å². The van der Waals surface area contributed by atoms with Crippen molar-refractivity contribution >= 4 is 15.7 Å². The van der Waals surface area contributed by atoms with E-state index in [1.807, 2.05) is 13.8 Å². The van der Waals surface area contributed by atoms with Crippen LogP contribution in [0.15, 0.2) is 0 Å². The number of nitrogens with two attached hydrogens (primary N) is 1. The number of carbonyl (C=O) groups is 1. The predicted octanol–water partition coefficient (Wildman–Crippen LogP) is -0.0877. The molecule has 0 aliphatic heterocycles. The Morgan fingerprint density at radius 3 is 2.12 bits per heavy atom. The fraction of sp³-hybridized carbons (Fsp3) is 0.900. The molecule has 5 nitrogen and oxygen atoms in total. The van der Waals surface area contributed by atoms with Crippen LogP contribution in [0.3, 0.4) is 0 Å². The van der Waals surface area contributed by atoms with Crippen LogP contribution in [0, 0.1) is 5.41 Å². The van der Waals surface area contributed by atoms with Gasteiger partial charge in [0.2, 0.25) is 5.91 Å². The Morgan fingerprint density at radius 2 is 1.81 bits per heavy atom. The molecule has 0 heterocycles. The van der Waals surface area contributed by atoms with Crippen LogP contribution in [-0.2, 0) is 14.6 Å². The van der Waals surface area contributed by atoms with E-state index in [2.05, 4.69) is 5.32 Å². The molecule has 0 radical (unpaired) electrons. The second-order valence-electron chi connectivity index (χ2n) is 4.08. The van der Waals surface area contributed by atoms with E-state index in [1.165, 1.54) is 0 Å². The van der Waals surface area contributed by atoms with E-state index in [1.54, 1.807) is 0 Å². The number of hydrogen-bond acceptors (Lipinski definition) is 4. The Morgan fingerprint density at radius 1 is 1.31 bits per heavy atom. The van der Waals surface area contributed by atoms with E-state index in [-0.39, 0.29) is 24.7 Å². The van der Waals surface area contributed by atoms with E-state index >= 15 is 0 Å². The minimum atomic E-state index is -3.03. The highest BCUT2D eigenvalue weighted by Gasteiger charge is 2.32. The minimum Gasteiger partial charge on any atom is -0.355 e.